The van der Waals surface area contributed by atoms with Crippen LogP contribution in [0.2, 0.25) is 0 Å². The van der Waals surface area contributed by atoms with E-state index in [1.807, 2.05) is 87.5 Å². The minimum absolute atomic E-state index is 0.0256. The highest BCUT2D eigenvalue weighted by Crippen LogP contribution is 2.30. The molecular weight excluding hydrogens is 610 g/mol. The first-order chi connectivity index (χ1) is 23.0. The largest absolute Gasteiger partial charge is 0.478 e. The van der Waals surface area contributed by atoms with Gasteiger partial charge in [-0.05, 0) is 55.2 Å². The van der Waals surface area contributed by atoms with Gasteiger partial charge >= 0.3 is 12.1 Å². The van der Waals surface area contributed by atoms with E-state index < -0.39 is 48.1 Å². The minimum Gasteiger partial charge on any atom is -0.478 e. The molecule has 0 fully saturated rings. The fourth-order valence-corrected chi connectivity index (χ4v) is 5.58. The fourth-order valence-electron chi connectivity index (χ4n) is 5.58. The maximum Gasteiger partial charge on any atom is 0.408 e. The molecule has 10 heteroatoms. The third kappa shape index (κ3) is 10.7. The van der Waals surface area contributed by atoms with Crippen molar-refractivity contribution in [3.8, 4) is 0 Å². The highest BCUT2D eigenvalue weighted by molar-refractivity contribution is 6.09. The van der Waals surface area contributed by atoms with Crippen molar-refractivity contribution in [2.24, 2.45) is 5.92 Å². The lowest BCUT2D eigenvalue weighted by atomic mass is 9.95. The van der Waals surface area contributed by atoms with Crippen LogP contribution >= 0.6 is 0 Å². The maximum atomic E-state index is 14.4. The van der Waals surface area contributed by atoms with Gasteiger partial charge in [0.15, 0.2) is 0 Å². The van der Waals surface area contributed by atoms with Crippen LogP contribution in [0.15, 0.2) is 84.4 Å². The molecule has 0 heterocycles. The Balaban J connectivity index is 2.01. The Kier molecular flexibility index (Phi) is 14.6. The van der Waals surface area contributed by atoms with Crippen molar-refractivity contribution in [3.63, 3.8) is 0 Å². The Hall–Kier alpha value is -4.70. The van der Waals surface area contributed by atoms with Gasteiger partial charge in [-0.25, -0.2) is 9.59 Å². The SMILES string of the molecule is CCCC[C@@H](C(=O)N[C@@H](CC(C)C)[C@@H](O)/C=C(\CC)C(=O)O)N(C(=O)[C@H](C)NC(=O)OCc1ccccc1)c1cccc2ccccc12. The van der Waals surface area contributed by atoms with Gasteiger partial charge in [-0.15, -0.1) is 0 Å². The lowest BCUT2D eigenvalue weighted by molar-refractivity contribution is -0.132. The van der Waals surface area contributed by atoms with E-state index in [1.165, 1.54) is 11.0 Å². The lowest BCUT2D eigenvalue weighted by Gasteiger charge is -2.35. The van der Waals surface area contributed by atoms with Gasteiger partial charge in [0, 0.05) is 11.0 Å². The summed E-state index contributed by atoms with van der Waals surface area (Å²) in [5, 5.41) is 27.9. The molecule has 0 saturated heterocycles. The summed E-state index contributed by atoms with van der Waals surface area (Å²) >= 11 is 0. The molecule has 3 amide bonds. The lowest BCUT2D eigenvalue weighted by Crippen LogP contribution is -2.57. The number of fused-ring (bicyclic) bond motifs is 1. The zero-order valence-electron chi connectivity index (χ0n) is 28.5. The summed E-state index contributed by atoms with van der Waals surface area (Å²) in [6.07, 6.45) is 1.48. The molecule has 0 radical (unpaired) electrons. The summed E-state index contributed by atoms with van der Waals surface area (Å²) in [5.41, 5.74) is 1.34. The van der Waals surface area contributed by atoms with Crippen LogP contribution in [0.3, 0.4) is 0 Å². The normalized spacial score (nSPS) is 14.1. The number of rotatable bonds is 17. The molecule has 3 rings (SSSR count). The van der Waals surface area contributed by atoms with Crippen LogP contribution in [-0.2, 0) is 25.7 Å². The van der Waals surface area contributed by atoms with Crippen LogP contribution in [0.1, 0.15) is 72.3 Å². The molecule has 4 N–H and O–H groups in total. The van der Waals surface area contributed by atoms with Crippen LogP contribution in [0.4, 0.5) is 10.5 Å². The number of aliphatic hydroxyl groups is 1. The molecule has 258 valence electrons. The molecule has 0 aromatic heterocycles. The first-order valence-electron chi connectivity index (χ1n) is 16.7. The molecule has 0 aliphatic carbocycles. The first kappa shape index (κ1) is 37.8. The van der Waals surface area contributed by atoms with Crippen LogP contribution < -0.4 is 15.5 Å². The quantitative estimate of drug-likeness (QED) is 0.123. The van der Waals surface area contributed by atoms with Crippen molar-refractivity contribution < 1.29 is 34.1 Å². The van der Waals surface area contributed by atoms with E-state index in [2.05, 4.69) is 10.6 Å². The van der Waals surface area contributed by atoms with E-state index in [0.29, 0.717) is 24.9 Å². The van der Waals surface area contributed by atoms with Gasteiger partial charge in [-0.3, -0.25) is 14.5 Å². The number of aliphatic carboxylic acids is 1. The van der Waals surface area contributed by atoms with Gasteiger partial charge in [0.25, 0.3) is 0 Å². The maximum absolute atomic E-state index is 14.4. The molecule has 0 bridgehead atoms. The number of nitrogens with zero attached hydrogens (tertiary/aromatic N) is 1. The predicted octanol–water partition coefficient (Wildman–Crippen LogP) is 6.36. The zero-order valence-corrected chi connectivity index (χ0v) is 28.5. The number of amides is 3. The Morgan fingerprint density at radius 3 is 2.21 bits per heavy atom. The smallest absolute Gasteiger partial charge is 0.408 e. The minimum atomic E-state index is -1.27. The molecule has 0 spiro atoms. The second-order valence-electron chi connectivity index (χ2n) is 12.4. The van der Waals surface area contributed by atoms with Gasteiger partial charge < -0.3 is 25.6 Å². The topological polar surface area (TPSA) is 145 Å². The van der Waals surface area contributed by atoms with Crippen molar-refractivity contribution in [2.45, 2.75) is 97.6 Å². The third-order valence-corrected chi connectivity index (χ3v) is 8.12. The average molecular weight is 660 g/mol. The number of carbonyl (C=O) groups excluding carboxylic acids is 3. The number of anilines is 1. The summed E-state index contributed by atoms with van der Waals surface area (Å²) in [4.78, 5) is 54.7. The number of carbonyl (C=O) groups is 4. The Labute approximate surface area is 283 Å². The van der Waals surface area contributed by atoms with E-state index >= 15 is 0 Å². The molecular formula is C38H49N3O7. The molecule has 0 saturated carbocycles. The van der Waals surface area contributed by atoms with Gasteiger partial charge in [-0.1, -0.05) is 107 Å². The number of ether oxygens (including phenoxy) is 1. The highest BCUT2D eigenvalue weighted by Gasteiger charge is 2.36. The van der Waals surface area contributed by atoms with Crippen molar-refractivity contribution >= 4 is 40.3 Å². The monoisotopic (exact) mass is 659 g/mol. The molecule has 3 aromatic carbocycles. The standard InChI is InChI=1S/C38H49N3O7/c1-6-8-20-33(35(43)40-31(22-25(3)4)34(42)23-28(7-2)37(45)46)41(32-21-14-18-29-17-12-13-19-30(29)32)36(44)26(5)39-38(47)48-24-27-15-10-9-11-16-27/h9-19,21,23,25-26,31,33-34,42H,6-8,20,22,24H2,1-5H3,(H,39,47)(H,40,43)(H,45,46)/b28-23+/t26-,31-,33-,34-/m0/s1. The number of hydrogen-bond donors (Lipinski definition) is 4. The number of aliphatic hydroxyl groups excluding tert-OH is 1. The number of alkyl carbamates (subject to hydrolysis) is 1. The number of carboxylic acids is 1. The molecule has 3 aromatic rings. The summed E-state index contributed by atoms with van der Waals surface area (Å²) in [5.74, 6) is -2.08. The van der Waals surface area contributed by atoms with Crippen LogP contribution in [0.25, 0.3) is 10.8 Å². The van der Waals surface area contributed by atoms with E-state index in [-0.39, 0.29) is 24.5 Å². The number of nitrogens with one attached hydrogen (secondary N) is 2. The molecule has 48 heavy (non-hydrogen) atoms. The molecule has 4 atom stereocenters. The Morgan fingerprint density at radius 2 is 1.56 bits per heavy atom. The second kappa shape index (κ2) is 18.6. The van der Waals surface area contributed by atoms with Crippen molar-refractivity contribution in [1.29, 1.82) is 0 Å². The number of carboxylic acid groups (broad SMARTS) is 1. The highest BCUT2D eigenvalue weighted by atomic mass is 16.5. The summed E-state index contributed by atoms with van der Waals surface area (Å²) < 4.78 is 5.38. The van der Waals surface area contributed by atoms with Gasteiger partial charge in [-0.2, -0.15) is 0 Å². The summed E-state index contributed by atoms with van der Waals surface area (Å²) in [6, 6.07) is 19.3. The Morgan fingerprint density at radius 1 is 0.896 bits per heavy atom. The fraction of sp³-hybridized carbons (Fsp3) is 0.421. The van der Waals surface area contributed by atoms with E-state index in [9.17, 15) is 29.4 Å². The summed E-state index contributed by atoms with van der Waals surface area (Å²) in [7, 11) is 0. The molecule has 0 aliphatic rings. The number of benzene rings is 3. The number of unbranched alkanes of at least 4 members (excludes halogenated alkanes) is 1. The van der Waals surface area contributed by atoms with Crippen molar-refractivity contribution in [2.75, 3.05) is 4.90 Å². The van der Waals surface area contributed by atoms with Crippen molar-refractivity contribution in [1.82, 2.24) is 10.6 Å². The first-order valence-corrected chi connectivity index (χ1v) is 16.7. The van der Waals surface area contributed by atoms with Crippen LogP contribution in [-0.4, -0.2) is 58.3 Å². The number of hydrogen-bond acceptors (Lipinski definition) is 6. The average Bonchev–Trinajstić information content (AvgIpc) is 3.07. The zero-order chi connectivity index (χ0) is 35.2. The van der Waals surface area contributed by atoms with E-state index in [0.717, 1.165) is 22.8 Å². The van der Waals surface area contributed by atoms with Crippen molar-refractivity contribution in [3.05, 3.63) is 90.0 Å². The predicted molar refractivity (Wildman–Crippen MR) is 187 cm³/mol. The van der Waals surface area contributed by atoms with Gasteiger partial charge in [0.2, 0.25) is 11.8 Å². The Bertz CT molecular complexity index is 1550. The van der Waals surface area contributed by atoms with Gasteiger partial charge in [0.1, 0.15) is 18.7 Å². The van der Waals surface area contributed by atoms with Crippen LogP contribution in [0, 0.1) is 5.92 Å². The van der Waals surface area contributed by atoms with E-state index in [4.69, 9.17) is 4.74 Å². The van der Waals surface area contributed by atoms with Gasteiger partial charge in [0.05, 0.1) is 17.8 Å². The second-order valence-corrected chi connectivity index (χ2v) is 12.4. The third-order valence-electron chi connectivity index (χ3n) is 8.12. The molecule has 10 nitrogen and oxygen atoms in total. The summed E-state index contributed by atoms with van der Waals surface area (Å²) in [6.45, 7) is 9.13. The molecule has 0 unspecified atom stereocenters. The molecule has 0 aliphatic heterocycles. The van der Waals surface area contributed by atoms with E-state index in [1.54, 1.807) is 19.9 Å². The van der Waals surface area contributed by atoms with Crippen LogP contribution in [0.5, 0.6) is 0 Å².